The summed E-state index contributed by atoms with van der Waals surface area (Å²) in [5.74, 6) is 1.11. The van der Waals surface area contributed by atoms with Gasteiger partial charge in [-0.15, -0.1) is 0 Å². The van der Waals surface area contributed by atoms with E-state index in [9.17, 15) is 4.79 Å². The van der Waals surface area contributed by atoms with Crippen LogP contribution in [0.15, 0.2) is 42.6 Å². The molecule has 0 N–H and O–H groups in total. The third-order valence-corrected chi connectivity index (χ3v) is 5.77. The summed E-state index contributed by atoms with van der Waals surface area (Å²) in [5.41, 5.74) is 2.30. The van der Waals surface area contributed by atoms with E-state index in [1.165, 1.54) is 5.56 Å². The molecule has 6 heteroatoms. The topological polar surface area (TPSA) is 52.6 Å². The van der Waals surface area contributed by atoms with Crippen molar-refractivity contribution in [3.8, 4) is 0 Å². The molecule has 0 aliphatic carbocycles. The number of amides is 1. The first-order chi connectivity index (χ1) is 13.7. The molecule has 4 rings (SSSR count). The number of aryl methyl sites for hydroxylation is 1. The van der Waals surface area contributed by atoms with E-state index in [4.69, 9.17) is 0 Å². The van der Waals surface area contributed by atoms with Gasteiger partial charge in [0.2, 0.25) is 11.9 Å². The molecule has 6 nitrogen and oxygen atoms in total. The van der Waals surface area contributed by atoms with E-state index in [-0.39, 0.29) is 5.92 Å². The van der Waals surface area contributed by atoms with Crippen LogP contribution < -0.4 is 4.90 Å². The molecule has 1 atom stereocenters. The lowest BCUT2D eigenvalue weighted by Crippen LogP contribution is -2.52. The molecule has 3 heterocycles. The van der Waals surface area contributed by atoms with Crippen LogP contribution in [-0.4, -0.2) is 64.9 Å². The van der Waals surface area contributed by atoms with Gasteiger partial charge >= 0.3 is 0 Å². The Hall–Kier alpha value is -2.47. The Kier molecular flexibility index (Phi) is 5.86. The molecule has 2 aromatic rings. The van der Waals surface area contributed by atoms with Crippen molar-refractivity contribution >= 4 is 11.9 Å². The molecule has 2 aliphatic heterocycles. The van der Waals surface area contributed by atoms with Gasteiger partial charge in [0.15, 0.2) is 0 Å². The molecular weight excluding hydrogens is 350 g/mol. The van der Waals surface area contributed by atoms with Crippen LogP contribution in [-0.2, 0) is 11.3 Å². The summed E-state index contributed by atoms with van der Waals surface area (Å²) >= 11 is 0. The van der Waals surface area contributed by atoms with Gasteiger partial charge < -0.3 is 9.80 Å². The maximum Gasteiger partial charge on any atom is 0.227 e. The first-order valence-corrected chi connectivity index (χ1v) is 10.3. The largest absolute Gasteiger partial charge is 0.340 e. The Labute approximate surface area is 167 Å². The highest BCUT2D eigenvalue weighted by Crippen LogP contribution is 2.23. The number of carbonyl (C=O) groups excluding carboxylic acids is 1. The van der Waals surface area contributed by atoms with Gasteiger partial charge in [-0.1, -0.05) is 30.3 Å². The number of piperazine rings is 1. The van der Waals surface area contributed by atoms with E-state index in [2.05, 4.69) is 55.0 Å². The minimum Gasteiger partial charge on any atom is -0.340 e. The summed E-state index contributed by atoms with van der Waals surface area (Å²) in [6.07, 6.45) is 3.78. The molecular formula is C22H29N5O. The summed E-state index contributed by atoms with van der Waals surface area (Å²) in [5, 5.41) is 0. The second-order valence-corrected chi connectivity index (χ2v) is 7.87. The first-order valence-electron chi connectivity index (χ1n) is 10.3. The van der Waals surface area contributed by atoms with Crippen LogP contribution in [0.3, 0.4) is 0 Å². The third kappa shape index (κ3) is 4.50. The molecule has 0 bridgehead atoms. The lowest BCUT2D eigenvalue weighted by atomic mass is 9.96. The fourth-order valence-electron chi connectivity index (χ4n) is 4.17. The van der Waals surface area contributed by atoms with Crippen molar-refractivity contribution < 1.29 is 4.79 Å². The molecule has 2 saturated heterocycles. The van der Waals surface area contributed by atoms with Crippen molar-refractivity contribution in [1.82, 2.24) is 19.8 Å². The molecule has 28 heavy (non-hydrogen) atoms. The molecule has 2 aliphatic rings. The first kappa shape index (κ1) is 18.9. The van der Waals surface area contributed by atoms with Crippen molar-refractivity contribution in [1.29, 1.82) is 0 Å². The average Bonchev–Trinajstić information content (AvgIpc) is 2.75. The minimum absolute atomic E-state index is 0.0542. The summed E-state index contributed by atoms with van der Waals surface area (Å²) in [7, 11) is 0. The van der Waals surface area contributed by atoms with Crippen LogP contribution in [0, 0.1) is 12.8 Å². The van der Waals surface area contributed by atoms with Gasteiger partial charge in [0, 0.05) is 57.7 Å². The summed E-state index contributed by atoms with van der Waals surface area (Å²) in [4.78, 5) is 28.7. The van der Waals surface area contributed by atoms with Gasteiger partial charge in [0.05, 0.1) is 5.92 Å². The van der Waals surface area contributed by atoms with Crippen molar-refractivity contribution in [2.24, 2.45) is 5.92 Å². The van der Waals surface area contributed by atoms with E-state index in [0.717, 1.165) is 70.3 Å². The Balaban J connectivity index is 1.31. The van der Waals surface area contributed by atoms with Crippen LogP contribution in [0.5, 0.6) is 0 Å². The number of anilines is 1. The van der Waals surface area contributed by atoms with Crippen LogP contribution >= 0.6 is 0 Å². The highest BCUT2D eigenvalue weighted by Gasteiger charge is 2.31. The second kappa shape index (κ2) is 8.69. The van der Waals surface area contributed by atoms with Gasteiger partial charge in [0.25, 0.3) is 0 Å². The normalized spacial score (nSPS) is 21.0. The van der Waals surface area contributed by atoms with E-state index >= 15 is 0 Å². The lowest BCUT2D eigenvalue weighted by molar-refractivity contribution is -0.137. The predicted octanol–water partition coefficient (Wildman–Crippen LogP) is 2.35. The molecule has 0 radical (unpaired) electrons. The van der Waals surface area contributed by atoms with E-state index in [1.807, 2.05) is 13.0 Å². The van der Waals surface area contributed by atoms with Gasteiger partial charge in [-0.05, 0) is 31.4 Å². The minimum atomic E-state index is 0.0542. The second-order valence-electron chi connectivity index (χ2n) is 7.87. The molecule has 148 valence electrons. The Morgan fingerprint density at radius 3 is 2.61 bits per heavy atom. The zero-order chi connectivity index (χ0) is 19.3. The highest BCUT2D eigenvalue weighted by atomic mass is 16.2. The molecule has 1 aromatic carbocycles. The number of benzene rings is 1. The van der Waals surface area contributed by atoms with Gasteiger partial charge in [-0.3, -0.25) is 9.69 Å². The number of nitrogens with zero attached hydrogens (tertiary/aromatic N) is 5. The van der Waals surface area contributed by atoms with Gasteiger partial charge in [-0.2, -0.15) is 0 Å². The average molecular weight is 380 g/mol. The fraction of sp³-hybridized carbons (Fsp3) is 0.500. The van der Waals surface area contributed by atoms with E-state index in [1.54, 1.807) is 6.20 Å². The van der Waals surface area contributed by atoms with E-state index in [0.29, 0.717) is 5.91 Å². The molecule has 0 spiro atoms. The number of hydrogen-bond donors (Lipinski definition) is 0. The summed E-state index contributed by atoms with van der Waals surface area (Å²) < 4.78 is 0. The number of hydrogen-bond acceptors (Lipinski definition) is 5. The fourth-order valence-corrected chi connectivity index (χ4v) is 4.17. The zero-order valence-electron chi connectivity index (χ0n) is 16.6. The number of carbonyl (C=O) groups is 1. The number of aromatic nitrogens is 2. The number of rotatable bonds is 4. The smallest absolute Gasteiger partial charge is 0.227 e. The van der Waals surface area contributed by atoms with Gasteiger partial charge in [-0.25, -0.2) is 9.97 Å². The van der Waals surface area contributed by atoms with Crippen LogP contribution in [0.4, 0.5) is 5.95 Å². The molecule has 1 amide bonds. The monoisotopic (exact) mass is 379 g/mol. The zero-order valence-corrected chi connectivity index (χ0v) is 16.6. The third-order valence-electron chi connectivity index (χ3n) is 5.77. The summed E-state index contributed by atoms with van der Waals surface area (Å²) in [6, 6.07) is 12.5. The SMILES string of the molecule is Cc1ccnc(N2CCCC(C(=O)N3CCN(Cc4ccccc4)CC3)C2)n1. The molecule has 2 fully saturated rings. The summed E-state index contributed by atoms with van der Waals surface area (Å²) in [6.45, 7) is 8.13. The van der Waals surface area contributed by atoms with E-state index < -0.39 is 0 Å². The quantitative estimate of drug-likeness (QED) is 0.816. The van der Waals surface area contributed by atoms with Gasteiger partial charge in [0.1, 0.15) is 0 Å². The Morgan fingerprint density at radius 1 is 1.07 bits per heavy atom. The van der Waals surface area contributed by atoms with Crippen molar-refractivity contribution in [2.75, 3.05) is 44.2 Å². The number of piperidine rings is 1. The lowest BCUT2D eigenvalue weighted by Gasteiger charge is -2.39. The molecule has 1 aromatic heterocycles. The Bertz CT molecular complexity index is 789. The molecule has 0 saturated carbocycles. The maximum absolute atomic E-state index is 13.1. The van der Waals surface area contributed by atoms with Crippen LogP contribution in [0.25, 0.3) is 0 Å². The molecule has 1 unspecified atom stereocenters. The van der Waals surface area contributed by atoms with Crippen LogP contribution in [0.2, 0.25) is 0 Å². The predicted molar refractivity (Wildman–Crippen MR) is 110 cm³/mol. The van der Waals surface area contributed by atoms with Crippen molar-refractivity contribution in [2.45, 2.75) is 26.3 Å². The van der Waals surface area contributed by atoms with Crippen molar-refractivity contribution in [3.63, 3.8) is 0 Å². The van der Waals surface area contributed by atoms with Crippen LogP contribution in [0.1, 0.15) is 24.1 Å². The Morgan fingerprint density at radius 2 is 1.86 bits per heavy atom. The maximum atomic E-state index is 13.1. The van der Waals surface area contributed by atoms with Crippen molar-refractivity contribution in [3.05, 3.63) is 53.9 Å². The highest BCUT2D eigenvalue weighted by molar-refractivity contribution is 5.79. The standard InChI is InChI=1S/C22H29N5O/c1-18-9-10-23-22(24-18)27-11-5-8-20(17-27)21(28)26-14-12-25(13-15-26)16-19-6-3-2-4-7-19/h2-4,6-7,9-10,20H,5,8,11-17H2,1H3.